The molecule has 0 unspecified atom stereocenters. The molecule has 0 aliphatic heterocycles. The minimum Gasteiger partial charge on any atom is -0.337 e. The second-order valence-corrected chi connectivity index (χ2v) is 3.52. The van der Waals surface area contributed by atoms with Gasteiger partial charge in [0, 0.05) is 0 Å². The molecule has 1 heterocycles. The Kier molecular flexibility index (Phi) is 2.33. The maximum atomic E-state index is 12.2. The average Bonchev–Trinajstić information content (AvgIpc) is 2.48. The van der Waals surface area contributed by atoms with Gasteiger partial charge in [-0.3, -0.25) is 0 Å². The Labute approximate surface area is 87.8 Å². The van der Waals surface area contributed by atoms with E-state index in [2.05, 4.69) is 9.97 Å². The van der Waals surface area contributed by atoms with Gasteiger partial charge in [0.2, 0.25) is 0 Å². The molecule has 0 aliphatic carbocycles. The number of hydrogen-bond acceptors (Lipinski definition) is 1. The second-order valence-electron chi connectivity index (χ2n) is 2.71. The Morgan fingerprint density at radius 3 is 2.50 bits per heavy atom. The van der Waals surface area contributed by atoms with E-state index >= 15 is 0 Å². The Morgan fingerprint density at radius 1 is 1.21 bits per heavy atom. The quantitative estimate of drug-likeness (QED) is 0.802. The lowest BCUT2D eigenvalue weighted by Crippen LogP contribution is -1.84. The van der Waals surface area contributed by atoms with Gasteiger partial charge in [0.05, 0.1) is 21.1 Å². The SMILES string of the molecule is FC(F)c1nc2cc(Cl)c(Cl)cc2[nH]1. The van der Waals surface area contributed by atoms with Crippen molar-refractivity contribution in [2.45, 2.75) is 6.43 Å². The summed E-state index contributed by atoms with van der Waals surface area (Å²) >= 11 is 11.4. The fourth-order valence-electron chi connectivity index (χ4n) is 1.13. The van der Waals surface area contributed by atoms with Gasteiger partial charge in [0.1, 0.15) is 0 Å². The molecule has 14 heavy (non-hydrogen) atoms. The van der Waals surface area contributed by atoms with E-state index in [0.717, 1.165) is 0 Å². The van der Waals surface area contributed by atoms with Crippen molar-refractivity contribution in [1.82, 2.24) is 9.97 Å². The first-order chi connectivity index (χ1) is 6.58. The number of nitrogens with one attached hydrogen (secondary N) is 1. The van der Waals surface area contributed by atoms with Crippen LogP contribution < -0.4 is 0 Å². The number of H-pyrrole nitrogens is 1. The molecule has 2 aromatic rings. The van der Waals surface area contributed by atoms with Crippen LogP contribution in [-0.4, -0.2) is 9.97 Å². The number of nitrogens with zero attached hydrogens (tertiary/aromatic N) is 1. The Balaban J connectivity index is 2.66. The van der Waals surface area contributed by atoms with Gasteiger partial charge in [-0.05, 0) is 12.1 Å². The lowest BCUT2D eigenvalue weighted by molar-refractivity contribution is 0.142. The van der Waals surface area contributed by atoms with Crippen molar-refractivity contribution in [2.24, 2.45) is 0 Å². The summed E-state index contributed by atoms with van der Waals surface area (Å²) in [4.78, 5) is 6.12. The summed E-state index contributed by atoms with van der Waals surface area (Å²) in [5.41, 5.74) is 0.837. The zero-order valence-corrected chi connectivity index (χ0v) is 8.20. The van der Waals surface area contributed by atoms with Gasteiger partial charge in [-0.15, -0.1) is 0 Å². The summed E-state index contributed by atoms with van der Waals surface area (Å²) < 4.78 is 24.5. The zero-order chi connectivity index (χ0) is 10.3. The van der Waals surface area contributed by atoms with Gasteiger partial charge in [0.15, 0.2) is 5.82 Å². The van der Waals surface area contributed by atoms with Crippen LogP contribution in [-0.2, 0) is 0 Å². The number of alkyl halides is 2. The molecule has 1 aromatic heterocycles. The molecule has 0 fully saturated rings. The van der Waals surface area contributed by atoms with Gasteiger partial charge in [-0.25, -0.2) is 13.8 Å². The molecule has 0 atom stereocenters. The highest BCUT2D eigenvalue weighted by Gasteiger charge is 2.13. The first kappa shape index (κ1) is 9.68. The van der Waals surface area contributed by atoms with E-state index in [0.29, 0.717) is 21.1 Å². The van der Waals surface area contributed by atoms with Crippen LogP contribution in [0.15, 0.2) is 12.1 Å². The lowest BCUT2D eigenvalue weighted by Gasteiger charge is -1.93. The van der Waals surface area contributed by atoms with Crippen molar-refractivity contribution in [3.8, 4) is 0 Å². The van der Waals surface area contributed by atoms with Crippen LogP contribution in [0.5, 0.6) is 0 Å². The summed E-state index contributed by atoms with van der Waals surface area (Å²) in [5.74, 6) is -0.377. The molecule has 1 N–H and O–H groups in total. The smallest absolute Gasteiger partial charge is 0.295 e. The molecule has 6 heteroatoms. The first-order valence-corrected chi connectivity index (χ1v) is 4.46. The largest absolute Gasteiger partial charge is 0.337 e. The predicted octanol–water partition coefficient (Wildman–Crippen LogP) is 3.81. The number of rotatable bonds is 1. The molecule has 0 saturated heterocycles. The Morgan fingerprint density at radius 2 is 1.86 bits per heavy atom. The van der Waals surface area contributed by atoms with E-state index < -0.39 is 6.43 Å². The second kappa shape index (κ2) is 3.37. The standard InChI is InChI=1S/C8H4Cl2F2N2/c9-3-1-5-6(2-4(3)10)14-8(13-5)7(11)12/h1-2,7H,(H,13,14). The number of hydrogen-bond donors (Lipinski definition) is 1. The van der Waals surface area contributed by atoms with Crippen molar-refractivity contribution in [3.05, 3.63) is 28.0 Å². The summed E-state index contributed by atoms with van der Waals surface area (Å²) in [6.07, 6.45) is -2.63. The first-order valence-electron chi connectivity index (χ1n) is 3.70. The molecule has 2 nitrogen and oxygen atoms in total. The number of fused-ring (bicyclic) bond motifs is 1. The minimum atomic E-state index is -2.63. The topological polar surface area (TPSA) is 28.7 Å². The van der Waals surface area contributed by atoms with Crippen LogP contribution >= 0.6 is 23.2 Å². The molecule has 0 bridgehead atoms. The van der Waals surface area contributed by atoms with Crippen LogP contribution in [0.1, 0.15) is 12.2 Å². The van der Waals surface area contributed by atoms with Crippen LogP contribution in [0.25, 0.3) is 11.0 Å². The lowest BCUT2D eigenvalue weighted by atomic mass is 10.3. The number of imidazole rings is 1. The maximum Gasteiger partial charge on any atom is 0.295 e. The monoisotopic (exact) mass is 236 g/mol. The average molecular weight is 237 g/mol. The van der Waals surface area contributed by atoms with Gasteiger partial charge in [-0.2, -0.15) is 0 Å². The van der Waals surface area contributed by atoms with Gasteiger partial charge in [-0.1, -0.05) is 23.2 Å². The van der Waals surface area contributed by atoms with Gasteiger partial charge < -0.3 is 4.98 Å². The minimum absolute atomic E-state index is 0.298. The third-order valence-corrected chi connectivity index (χ3v) is 2.47. The number of benzene rings is 1. The highest BCUT2D eigenvalue weighted by molar-refractivity contribution is 6.42. The number of halogens is 4. The third kappa shape index (κ3) is 1.55. The molecular formula is C8H4Cl2F2N2. The van der Waals surface area contributed by atoms with Crippen molar-refractivity contribution in [3.63, 3.8) is 0 Å². The molecule has 0 saturated carbocycles. The van der Waals surface area contributed by atoms with E-state index in [9.17, 15) is 8.78 Å². The van der Waals surface area contributed by atoms with Crippen molar-refractivity contribution in [2.75, 3.05) is 0 Å². The summed E-state index contributed by atoms with van der Waals surface area (Å²) in [6, 6.07) is 2.92. The molecule has 0 aliphatic rings. The van der Waals surface area contributed by atoms with Crippen LogP contribution in [0.2, 0.25) is 10.0 Å². The normalized spacial score (nSPS) is 11.5. The van der Waals surface area contributed by atoms with Crippen LogP contribution in [0, 0.1) is 0 Å². The Bertz CT molecular complexity index is 442. The van der Waals surface area contributed by atoms with E-state index in [4.69, 9.17) is 23.2 Å². The highest BCUT2D eigenvalue weighted by atomic mass is 35.5. The van der Waals surface area contributed by atoms with Crippen LogP contribution in [0.3, 0.4) is 0 Å². The fraction of sp³-hybridized carbons (Fsp3) is 0.125. The molecule has 0 radical (unpaired) electrons. The highest BCUT2D eigenvalue weighted by Crippen LogP contribution is 2.28. The summed E-state index contributed by atoms with van der Waals surface area (Å²) in [5, 5.41) is 0.607. The van der Waals surface area contributed by atoms with Gasteiger partial charge in [0.25, 0.3) is 6.43 Å². The number of aromatic amines is 1. The van der Waals surface area contributed by atoms with Crippen molar-refractivity contribution < 1.29 is 8.78 Å². The van der Waals surface area contributed by atoms with Crippen LogP contribution in [0.4, 0.5) is 8.78 Å². The van der Waals surface area contributed by atoms with E-state index in [1.54, 1.807) is 0 Å². The van der Waals surface area contributed by atoms with E-state index in [1.165, 1.54) is 12.1 Å². The number of aromatic nitrogens is 2. The fourth-order valence-corrected chi connectivity index (χ4v) is 1.45. The maximum absolute atomic E-state index is 12.2. The molecule has 0 spiro atoms. The zero-order valence-electron chi connectivity index (χ0n) is 6.69. The van der Waals surface area contributed by atoms with E-state index in [-0.39, 0.29) is 5.82 Å². The third-order valence-electron chi connectivity index (χ3n) is 1.75. The Hall–Kier alpha value is -0.870. The summed E-state index contributed by atoms with van der Waals surface area (Å²) in [6.45, 7) is 0. The van der Waals surface area contributed by atoms with Gasteiger partial charge >= 0.3 is 0 Å². The molecule has 1 aromatic carbocycles. The van der Waals surface area contributed by atoms with E-state index in [1.807, 2.05) is 0 Å². The van der Waals surface area contributed by atoms with Crippen molar-refractivity contribution in [1.29, 1.82) is 0 Å². The van der Waals surface area contributed by atoms with Crippen molar-refractivity contribution >= 4 is 34.2 Å². The molecule has 2 rings (SSSR count). The summed E-state index contributed by atoms with van der Waals surface area (Å²) in [7, 11) is 0. The molecule has 0 amide bonds. The molecule has 74 valence electrons. The molecular weight excluding hydrogens is 233 g/mol. The predicted molar refractivity (Wildman–Crippen MR) is 51.1 cm³/mol.